The predicted octanol–water partition coefficient (Wildman–Crippen LogP) is 5.85. The lowest BCUT2D eigenvalue weighted by Gasteiger charge is -1.95. The number of allylic oxidation sites excluding steroid dienone is 4. The molecule has 0 fully saturated rings. The second-order valence-corrected chi connectivity index (χ2v) is 4.37. The minimum atomic E-state index is 0.931. The van der Waals surface area contributed by atoms with Gasteiger partial charge in [-0.2, -0.15) is 0 Å². The minimum Gasteiger partial charge on any atom is -0.0885 e. The third-order valence-corrected chi connectivity index (χ3v) is 2.72. The summed E-state index contributed by atoms with van der Waals surface area (Å²) in [4.78, 5) is 0. The van der Waals surface area contributed by atoms with Gasteiger partial charge in [-0.1, -0.05) is 50.5 Å². The molecule has 0 heterocycles. The molecule has 0 heteroatoms. The molecule has 0 rings (SSSR count). The molecule has 0 aliphatic heterocycles. The molecule has 0 amide bonds. The molecule has 0 aromatic heterocycles. The van der Waals surface area contributed by atoms with Crippen molar-refractivity contribution in [2.45, 2.75) is 71.1 Å². The smallest absolute Gasteiger partial charge is 0.0351 e. The van der Waals surface area contributed by atoms with E-state index in [9.17, 15) is 0 Å². The summed E-state index contributed by atoms with van der Waals surface area (Å²) in [6.07, 6.45) is 22.0. The Labute approximate surface area is 103 Å². The summed E-state index contributed by atoms with van der Waals surface area (Å²) in [6, 6.07) is 0. The molecule has 0 aromatic carbocycles. The molecule has 0 saturated heterocycles. The van der Waals surface area contributed by atoms with Gasteiger partial charge in [-0.25, -0.2) is 0 Å². The maximum Gasteiger partial charge on any atom is -0.0351 e. The van der Waals surface area contributed by atoms with E-state index in [2.05, 4.69) is 38.2 Å². The molecule has 0 bridgehead atoms. The van der Waals surface area contributed by atoms with Crippen LogP contribution in [0.2, 0.25) is 0 Å². The SMILES string of the molecule is [CH2]CC=CCCCCCC=CCCCCC. The van der Waals surface area contributed by atoms with E-state index >= 15 is 0 Å². The predicted molar refractivity (Wildman–Crippen MR) is 75.5 cm³/mol. The zero-order valence-electron chi connectivity index (χ0n) is 11.1. The number of hydrogen-bond donors (Lipinski definition) is 0. The number of unbranched alkanes of at least 4 members (excludes halogenated alkanes) is 7. The van der Waals surface area contributed by atoms with Crippen LogP contribution in [0.25, 0.3) is 0 Å². The molecule has 0 saturated carbocycles. The van der Waals surface area contributed by atoms with Gasteiger partial charge in [0.15, 0.2) is 0 Å². The van der Waals surface area contributed by atoms with Crippen LogP contribution in [0.5, 0.6) is 0 Å². The second kappa shape index (κ2) is 14.5. The Morgan fingerprint density at radius 2 is 1.19 bits per heavy atom. The van der Waals surface area contributed by atoms with Gasteiger partial charge in [-0.3, -0.25) is 0 Å². The molecule has 16 heavy (non-hydrogen) atoms. The maximum absolute atomic E-state index is 3.78. The van der Waals surface area contributed by atoms with Crippen LogP contribution in [-0.2, 0) is 0 Å². The van der Waals surface area contributed by atoms with Crippen molar-refractivity contribution in [3.63, 3.8) is 0 Å². The first kappa shape index (κ1) is 15.5. The Morgan fingerprint density at radius 1 is 0.688 bits per heavy atom. The normalized spacial score (nSPS) is 11.9. The fourth-order valence-corrected chi connectivity index (χ4v) is 1.68. The molecule has 0 aliphatic carbocycles. The van der Waals surface area contributed by atoms with Gasteiger partial charge in [0, 0.05) is 0 Å². The van der Waals surface area contributed by atoms with Crippen LogP contribution in [0.15, 0.2) is 24.3 Å². The van der Waals surface area contributed by atoms with Crippen LogP contribution in [-0.4, -0.2) is 0 Å². The first-order valence-electron chi connectivity index (χ1n) is 7.01. The highest BCUT2D eigenvalue weighted by Crippen LogP contribution is 2.06. The molecule has 1 radical (unpaired) electrons. The quantitative estimate of drug-likeness (QED) is 0.303. The summed E-state index contributed by atoms with van der Waals surface area (Å²) in [7, 11) is 0. The van der Waals surface area contributed by atoms with Crippen molar-refractivity contribution < 1.29 is 0 Å². The highest BCUT2D eigenvalue weighted by atomic mass is 13.9. The van der Waals surface area contributed by atoms with E-state index in [0.717, 1.165) is 6.42 Å². The van der Waals surface area contributed by atoms with Gasteiger partial charge in [-0.15, -0.1) is 0 Å². The molecule has 0 nitrogen and oxygen atoms in total. The van der Waals surface area contributed by atoms with E-state index in [4.69, 9.17) is 0 Å². The van der Waals surface area contributed by atoms with Crippen molar-refractivity contribution in [2.24, 2.45) is 0 Å². The maximum atomic E-state index is 3.78. The van der Waals surface area contributed by atoms with Crippen molar-refractivity contribution in [3.8, 4) is 0 Å². The van der Waals surface area contributed by atoms with Crippen molar-refractivity contribution in [2.75, 3.05) is 0 Å². The number of rotatable bonds is 11. The summed E-state index contributed by atoms with van der Waals surface area (Å²) in [5, 5.41) is 0. The van der Waals surface area contributed by atoms with Crippen LogP contribution >= 0.6 is 0 Å². The monoisotopic (exact) mass is 221 g/mol. The summed E-state index contributed by atoms with van der Waals surface area (Å²) in [6.45, 7) is 6.04. The Morgan fingerprint density at radius 3 is 1.69 bits per heavy atom. The van der Waals surface area contributed by atoms with Gasteiger partial charge in [0.2, 0.25) is 0 Å². The molecule has 0 spiro atoms. The summed E-state index contributed by atoms with van der Waals surface area (Å²) in [5.41, 5.74) is 0. The van der Waals surface area contributed by atoms with Gasteiger partial charge in [0.05, 0.1) is 0 Å². The highest BCUT2D eigenvalue weighted by molar-refractivity contribution is 4.83. The topological polar surface area (TPSA) is 0 Å². The zero-order chi connectivity index (χ0) is 11.9. The fraction of sp³-hybridized carbons (Fsp3) is 0.688. The van der Waals surface area contributed by atoms with Crippen molar-refractivity contribution in [3.05, 3.63) is 31.2 Å². The van der Waals surface area contributed by atoms with E-state index in [1.807, 2.05) is 0 Å². The average molecular weight is 221 g/mol. The molecule has 0 N–H and O–H groups in total. The van der Waals surface area contributed by atoms with Crippen LogP contribution < -0.4 is 0 Å². The molecule has 93 valence electrons. The largest absolute Gasteiger partial charge is 0.0885 e. The van der Waals surface area contributed by atoms with Gasteiger partial charge < -0.3 is 0 Å². The number of hydrogen-bond acceptors (Lipinski definition) is 0. The Hall–Kier alpha value is -0.520. The van der Waals surface area contributed by atoms with E-state index < -0.39 is 0 Å². The Bertz CT molecular complexity index is 165. The average Bonchev–Trinajstić information content (AvgIpc) is 2.31. The van der Waals surface area contributed by atoms with Crippen molar-refractivity contribution in [1.82, 2.24) is 0 Å². The Kier molecular flexibility index (Phi) is 14.0. The van der Waals surface area contributed by atoms with Crippen molar-refractivity contribution >= 4 is 0 Å². The molecule has 0 atom stereocenters. The molecular formula is C16H29. The third-order valence-electron chi connectivity index (χ3n) is 2.72. The minimum absolute atomic E-state index is 0.931. The van der Waals surface area contributed by atoms with Crippen LogP contribution in [0.1, 0.15) is 71.1 Å². The fourth-order valence-electron chi connectivity index (χ4n) is 1.68. The van der Waals surface area contributed by atoms with Crippen LogP contribution in [0.3, 0.4) is 0 Å². The van der Waals surface area contributed by atoms with Gasteiger partial charge in [0.1, 0.15) is 0 Å². The van der Waals surface area contributed by atoms with Gasteiger partial charge in [0.25, 0.3) is 0 Å². The lowest BCUT2D eigenvalue weighted by molar-refractivity contribution is 0.691. The van der Waals surface area contributed by atoms with E-state index in [1.54, 1.807) is 0 Å². The van der Waals surface area contributed by atoms with E-state index in [1.165, 1.54) is 57.8 Å². The summed E-state index contributed by atoms with van der Waals surface area (Å²) >= 11 is 0. The zero-order valence-corrected chi connectivity index (χ0v) is 11.1. The van der Waals surface area contributed by atoms with Crippen LogP contribution in [0.4, 0.5) is 0 Å². The second-order valence-electron chi connectivity index (χ2n) is 4.37. The summed E-state index contributed by atoms with van der Waals surface area (Å²) in [5.74, 6) is 0. The van der Waals surface area contributed by atoms with Gasteiger partial charge >= 0.3 is 0 Å². The Balaban J connectivity index is 3.05. The van der Waals surface area contributed by atoms with Gasteiger partial charge in [-0.05, 0) is 51.9 Å². The highest BCUT2D eigenvalue weighted by Gasteiger charge is 1.86. The van der Waals surface area contributed by atoms with E-state index in [-0.39, 0.29) is 0 Å². The standard InChI is InChI=1S/C16H29/c1-3-5-7-9-11-13-15-16-14-12-10-8-6-4-2/h5,7,12,14H,1,3-4,6,8-11,13,15-16H2,2H3. The van der Waals surface area contributed by atoms with Crippen molar-refractivity contribution in [1.29, 1.82) is 0 Å². The van der Waals surface area contributed by atoms with E-state index in [0.29, 0.717) is 0 Å². The molecule has 0 unspecified atom stereocenters. The molecule has 0 aliphatic rings. The third kappa shape index (κ3) is 13.5. The lowest BCUT2D eigenvalue weighted by atomic mass is 10.1. The molecular weight excluding hydrogens is 192 g/mol. The van der Waals surface area contributed by atoms with Crippen LogP contribution in [0, 0.1) is 6.92 Å². The lowest BCUT2D eigenvalue weighted by Crippen LogP contribution is -1.75. The molecule has 0 aromatic rings. The first-order chi connectivity index (χ1) is 7.91. The summed E-state index contributed by atoms with van der Waals surface area (Å²) < 4.78 is 0. The first-order valence-corrected chi connectivity index (χ1v) is 7.01.